The SMILES string of the molecule is CC(C)CCCOP(=O)([O-])OCCCC(C)C.CCOP(=O)([O-])OCC.CCOP(=O)([O-])OCC.[Cr+3]. The van der Waals surface area contributed by atoms with Crippen LogP contribution in [0, 0.1) is 11.8 Å². The van der Waals surface area contributed by atoms with Crippen LogP contribution >= 0.6 is 23.5 Å². The predicted molar refractivity (Wildman–Crippen MR) is 129 cm³/mol. The Bertz CT molecular complexity index is 555. The van der Waals surface area contributed by atoms with Crippen molar-refractivity contribution in [1.29, 1.82) is 0 Å². The van der Waals surface area contributed by atoms with Crippen LogP contribution in [0.3, 0.4) is 0 Å². The van der Waals surface area contributed by atoms with Crippen molar-refractivity contribution in [2.45, 2.75) is 81.1 Å². The zero-order valence-electron chi connectivity index (χ0n) is 22.9. The molecule has 0 aliphatic carbocycles. The van der Waals surface area contributed by atoms with E-state index in [1.807, 2.05) is 0 Å². The molecule has 0 bridgehead atoms. The van der Waals surface area contributed by atoms with E-state index in [0.29, 0.717) is 11.8 Å². The predicted octanol–water partition coefficient (Wildman–Crippen LogP) is 4.41. The smallest absolute Gasteiger partial charge is 0.756 e. The second-order valence-corrected chi connectivity index (χ2v) is 12.0. The number of phosphoric acid groups is 3. The van der Waals surface area contributed by atoms with Gasteiger partial charge in [-0.3, -0.25) is 13.7 Å². The van der Waals surface area contributed by atoms with Gasteiger partial charge in [0.1, 0.15) is 0 Å². The molecule has 12 nitrogen and oxygen atoms in total. The van der Waals surface area contributed by atoms with Crippen LogP contribution in [-0.2, 0) is 58.2 Å². The summed E-state index contributed by atoms with van der Waals surface area (Å²) in [5.74, 6) is 1.13. The van der Waals surface area contributed by atoms with E-state index in [-0.39, 0.29) is 57.0 Å². The normalized spacial score (nSPS) is 11.9. The van der Waals surface area contributed by atoms with E-state index in [2.05, 4.69) is 45.8 Å². The summed E-state index contributed by atoms with van der Waals surface area (Å²) in [7, 11) is -11.9. The van der Waals surface area contributed by atoms with Crippen molar-refractivity contribution in [3.05, 3.63) is 0 Å². The molecule has 0 rings (SSSR count). The van der Waals surface area contributed by atoms with Crippen molar-refractivity contribution >= 4 is 23.5 Å². The number of hydrogen-bond acceptors (Lipinski definition) is 12. The van der Waals surface area contributed by atoms with E-state index in [1.165, 1.54) is 0 Å². The Morgan fingerprint density at radius 2 is 0.750 bits per heavy atom. The molecule has 0 atom stereocenters. The van der Waals surface area contributed by atoms with Gasteiger partial charge in [0.15, 0.2) is 0 Å². The molecule has 0 saturated carbocycles. The molecule has 0 aromatic rings. The van der Waals surface area contributed by atoms with Crippen molar-refractivity contribution < 1.29 is 72.9 Å². The fourth-order valence-corrected chi connectivity index (χ4v) is 4.27. The minimum Gasteiger partial charge on any atom is -0.756 e. The maximum atomic E-state index is 11.3. The Hall–Kier alpha value is 0.862. The average molecular weight is 623 g/mol. The second-order valence-electron chi connectivity index (χ2n) is 7.75. The van der Waals surface area contributed by atoms with Crippen molar-refractivity contribution in [3.8, 4) is 0 Å². The van der Waals surface area contributed by atoms with E-state index in [9.17, 15) is 28.4 Å². The molecule has 0 aromatic heterocycles. The number of rotatable bonds is 18. The van der Waals surface area contributed by atoms with Gasteiger partial charge in [0.05, 0.1) is 39.6 Å². The van der Waals surface area contributed by atoms with Crippen LogP contribution in [0.1, 0.15) is 81.1 Å². The Balaban J connectivity index is -0.000000230. The molecule has 0 aliphatic heterocycles. The molecular formula is C20H46CrO12P3. The summed E-state index contributed by atoms with van der Waals surface area (Å²) in [6.07, 6.45) is 3.43. The van der Waals surface area contributed by atoms with E-state index in [1.54, 1.807) is 27.7 Å². The maximum Gasteiger partial charge on any atom is 3.00 e. The molecular weight excluding hydrogens is 577 g/mol. The Labute approximate surface area is 228 Å². The molecule has 0 N–H and O–H groups in total. The van der Waals surface area contributed by atoms with Gasteiger partial charge >= 0.3 is 17.4 Å². The molecule has 0 aliphatic rings. The first-order chi connectivity index (χ1) is 16.1. The molecule has 0 amide bonds. The van der Waals surface area contributed by atoms with Crippen LogP contribution in [0.4, 0.5) is 0 Å². The van der Waals surface area contributed by atoms with Crippen LogP contribution < -0.4 is 14.7 Å². The van der Waals surface area contributed by atoms with Crippen LogP contribution in [0.25, 0.3) is 0 Å². The van der Waals surface area contributed by atoms with E-state index in [4.69, 9.17) is 9.05 Å². The van der Waals surface area contributed by atoms with E-state index < -0.39 is 23.5 Å². The quantitative estimate of drug-likeness (QED) is 0.155. The molecule has 0 spiro atoms. The summed E-state index contributed by atoms with van der Waals surface area (Å²) in [6.45, 7) is 15.7. The molecule has 16 heteroatoms. The Kier molecular flexibility index (Phi) is 31.8. The summed E-state index contributed by atoms with van der Waals surface area (Å²) in [6, 6.07) is 0. The minimum absolute atomic E-state index is 0. The molecule has 0 unspecified atom stereocenters. The monoisotopic (exact) mass is 623 g/mol. The number of phosphoric ester groups is 3. The van der Waals surface area contributed by atoms with Crippen LogP contribution in [0.5, 0.6) is 0 Å². The van der Waals surface area contributed by atoms with E-state index in [0.717, 1.165) is 25.7 Å². The maximum absolute atomic E-state index is 11.3. The van der Waals surface area contributed by atoms with Crippen LogP contribution in [0.2, 0.25) is 0 Å². The van der Waals surface area contributed by atoms with Gasteiger partial charge in [-0.15, -0.1) is 0 Å². The van der Waals surface area contributed by atoms with Crippen molar-refractivity contribution in [3.63, 3.8) is 0 Å². The van der Waals surface area contributed by atoms with Gasteiger partial charge in [-0.25, -0.2) is 0 Å². The Morgan fingerprint density at radius 3 is 0.944 bits per heavy atom. The van der Waals surface area contributed by atoms with Gasteiger partial charge in [-0.05, 0) is 65.2 Å². The van der Waals surface area contributed by atoms with Gasteiger partial charge in [0.2, 0.25) is 0 Å². The Morgan fingerprint density at radius 1 is 0.528 bits per heavy atom. The molecule has 0 fully saturated rings. The fourth-order valence-electron chi connectivity index (χ4n) is 2.08. The second kappa shape index (κ2) is 26.1. The van der Waals surface area contributed by atoms with Crippen molar-refractivity contribution in [2.75, 3.05) is 39.6 Å². The third-order valence-electron chi connectivity index (χ3n) is 3.50. The largest absolute Gasteiger partial charge is 3.00 e. The van der Waals surface area contributed by atoms with Gasteiger partial charge in [0.25, 0.3) is 23.5 Å². The topological polar surface area (TPSA) is 176 Å². The third kappa shape index (κ3) is 37.0. The summed E-state index contributed by atoms with van der Waals surface area (Å²) in [4.78, 5) is 32.1. The molecule has 1 radical (unpaired) electrons. The third-order valence-corrected chi connectivity index (χ3v) is 6.79. The van der Waals surface area contributed by atoms with Gasteiger partial charge in [-0.2, -0.15) is 0 Å². The first-order valence-corrected chi connectivity index (χ1v) is 16.3. The zero-order valence-corrected chi connectivity index (χ0v) is 26.8. The molecule has 0 aromatic carbocycles. The van der Waals surface area contributed by atoms with Gasteiger partial charge in [0, 0.05) is 0 Å². The first-order valence-electron chi connectivity index (χ1n) is 11.9. The minimum atomic E-state index is -4.06. The van der Waals surface area contributed by atoms with Crippen molar-refractivity contribution in [1.82, 2.24) is 0 Å². The van der Waals surface area contributed by atoms with Crippen LogP contribution in [0.15, 0.2) is 0 Å². The van der Waals surface area contributed by atoms with Crippen LogP contribution in [-0.4, -0.2) is 39.6 Å². The standard InChI is InChI=1S/C12H27O4P.2C4H11O4P.Cr/c1-11(2)7-5-9-15-17(13,14)16-10-6-8-12(3)4;2*1-3-7-9(5,6)8-4-2;/h11-12H,5-10H2,1-4H3,(H,13,14);2*3-4H2,1-2H3,(H,5,6);/q;;;+3/p-3. The molecule has 0 heterocycles. The average Bonchev–Trinajstić information content (AvgIpc) is 2.69. The van der Waals surface area contributed by atoms with E-state index >= 15 is 0 Å². The summed E-state index contributed by atoms with van der Waals surface area (Å²) in [5.41, 5.74) is 0. The van der Waals surface area contributed by atoms with Gasteiger partial charge in [-0.1, -0.05) is 27.7 Å². The molecule has 0 saturated heterocycles. The number of hydrogen-bond donors (Lipinski definition) is 0. The fraction of sp³-hybridized carbons (Fsp3) is 1.00. The first kappa shape index (κ1) is 43.9. The summed E-state index contributed by atoms with van der Waals surface area (Å²) >= 11 is 0. The van der Waals surface area contributed by atoms with Crippen molar-refractivity contribution in [2.24, 2.45) is 11.8 Å². The molecule has 219 valence electrons. The zero-order chi connectivity index (χ0) is 28.0. The summed E-state index contributed by atoms with van der Waals surface area (Å²) < 4.78 is 58.7. The summed E-state index contributed by atoms with van der Waals surface area (Å²) in [5, 5.41) is 0. The molecule has 36 heavy (non-hydrogen) atoms. The van der Waals surface area contributed by atoms with Gasteiger partial charge < -0.3 is 41.8 Å².